The van der Waals surface area contributed by atoms with Crippen LogP contribution in [0.25, 0.3) is 0 Å². The fourth-order valence-electron chi connectivity index (χ4n) is 1.94. The maximum Gasteiger partial charge on any atom is 0.401 e. The molecule has 0 aliphatic rings. The van der Waals surface area contributed by atoms with Gasteiger partial charge in [0.05, 0.1) is 13.2 Å². The molecule has 0 aliphatic heterocycles. The summed E-state index contributed by atoms with van der Waals surface area (Å²) in [4.78, 5) is 12.6. The molecule has 0 fully saturated rings. The van der Waals surface area contributed by atoms with Gasteiger partial charge < -0.3 is 9.05 Å². The molecule has 0 aliphatic carbocycles. The molecule has 0 atom stereocenters. The highest BCUT2D eigenvalue weighted by Crippen LogP contribution is 2.51. The van der Waals surface area contributed by atoms with Crippen LogP contribution in [0.2, 0.25) is 0 Å². The predicted molar refractivity (Wildman–Crippen MR) is 84.8 cm³/mol. The third-order valence-corrected chi connectivity index (χ3v) is 4.85. The molecule has 0 heterocycles. The van der Waals surface area contributed by atoms with Crippen LogP contribution >= 0.6 is 7.60 Å². The average molecular weight is 310 g/mol. The lowest BCUT2D eigenvalue weighted by Crippen LogP contribution is -2.10. The summed E-state index contributed by atoms with van der Waals surface area (Å²) in [6.45, 7) is 9.50. The van der Waals surface area contributed by atoms with Crippen LogP contribution < -0.4 is 0 Å². The maximum atomic E-state index is 12.6. The second kappa shape index (κ2) is 8.28. The zero-order chi connectivity index (χ0) is 15.9. The fourth-order valence-corrected chi connectivity index (χ4v) is 3.44. The summed E-state index contributed by atoms with van der Waals surface area (Å²) in [5.74, 6) is 0. The molecule has 0 bridgehead atoms. The molecular weight excluding hydrogens is 287 g/mol. The molecule has 0 aromatic heterocycles. The largest absolute Gasteiger partial charge is 0.401 e. The lowest BCUT2D eigenvalue weighted by Gasteiger charge is -2.17. The number of rotatable bonds is 9. The molecule has 1 rings (SSSR count). The number of benzene rings is 1. The number of hydrogen-bond donors (Lipinski definition) is 0. The highest BCUT2D eigenvalue weighted by atomic mass is 31.2. The molecule has 0 spiro atoms. The van der Waals surface area contributed by atoms with Gasteiger partial charge in [0, 0.05) is 5.56 Å². The van der Waals surface area contributed by atoms with Gasteiger partial charge in [-0.1, -0.05) is 29.8 Å². The van der Waals surface area contributed by atoms with Gasteiger partial charge in [0.1, 0.15) is 0 Å². The fraction of sp³-hybridized carbons (Fsp3) is 0.438. The minimum Gasteiger partial charge on any atom is -0.303 e. The van der Waals surface area contributed by atoms with Gasteiger partial charge >= 0.3 is 7.60 Å². The van der Waals surface area contributed by atoms with Gasteiger partial charge in [-0.3, -0.25) is 9.36 Å². The minimum atomic E-state index is -3.77. The Hall–Kier alpha value is -1.22. The second-order valence-electron chi connectivity index (χ2n) is 4.75. The molecule has 0 unspecified atom stereocenters. The second-order valence-corrected chi connectivity index (χ2v) is 6.67. The van der Waals surface area contributed by atoms with E-state index in [4.69, 9.17) is 9.05 Å². The highest BCUT2D eigenvalue weighted by molar-refractivity contribution is 7.72. The van der Waals surface area contributed by atoms with Crippen molar-refractivity contribution in [2.75, 3.05) is 13.2 Å². The van der Waals surface area contributed by atoms with Crippen molar-refractivity contribution in [3.05, 3.63) is 47.5 Å². The van der Waals surface area contributed by atoms with Crippen LogP contribution in [-0.4, -0.2) is 18.7 Å². The summed E-state index contributed by atoms with van der Waals surface area (Å²) in [5.41, 5.74) is 1.72. The van der Waals surface area contributed by atoms with Crippen molar-refractivity contribution < 1.29 is 18.4 Å². The molecule has 0 radical (unpaired) electrons. The monoisotopic (exact) mass is 310 g/mol. The van der Waals surface area contributed by atoms with Crippen LogP contribution in [0.5, 0.6) is 0 Å². The van der Waals surface area contributed by atoms with Crippen molar-refractivity contribution in [3.8, 4) is 0 Å². The first-order valence-electron chi connectivity index (χ1n) is 7.11. The Kier molecular flexibility index (Phi) is 7.03. The summed E-state index contributed by atoms with van der Waals surface area (Å²) in [6.07, 6.45) is 1.45. The topological polar surface area (TPSA) is 52.6 Å². The number of aryl methyl sites for hydroxylation is 1. The SMILES string of the molecule is C=C(C)CCc1ccccc1C(=O)P(=O)(OCC)OCC. The Labute approximate surface area is 126 Å². The Morgan fingerprint density at radius 3 is 2.29 bits per heavy atom. The van der Waals surface area contributed by atoms with Gasteiger partial charge in [-0.2, -0.15) is 0 Å². The van der Waals surface area contributed by atoms with Crippen LogP contribution in [0, 0.1) is 0 Å². The molecule has 0 saturated heterocycles. The normalized spacial score (nSPS) is 11.4. The van der Waals surface area contributed by atoms with E-state index in [-0.39, 0.29) is 13.2 Å². The van der Waals surface area contributed by atoms with Gasteiger partial charge in [0.25, 0.3) is 5.52 Å². The smallest absolute Gasteiger partial charge is 0.303 e. The van der Waals surface area contributed by atoms with Crippen LogP contribution in [0.4, 0.5) is 0 Å². The zero-order valence-electron chi connectivity index (χ0n) is 12.9. The number of carbonyl (C=O) groups is 1. The first-order chi connectivity index (χ1) is 9.94. The van der Waals surface area contributed by atoms with Gasteiger partial charge in [-0.15, -0.1) is 6.58 Å². The van der Waals surface area contributed by atoms with Crippen molar-refractivity contribution in [1.29, 1.82) is 0 Å². The van der Waals surface area contributed by atoms with Crippen molar-refractivity contribution in [1.82, 2.24) is 0 Å². The molecule has 4 nitrogen and oxygen atoms in total. The predicted octanol–water partition coefficient (Wildman–Crippen LogP) is 4.60. The van der Waals surface area contributed by atoms with Gasteiger partial charge in [-0.05, 0) is 39.2 Å². The number of hydrogen-bond acceptors (Lipinski definition) is 4. The van der Waals surface area contributed by atoms with Crippen molar-refractivity contribution in [2.24, 2.45) is 0 Å². The number of allylic oxidation sites excluding steroid dienone is 1. The molecule has 1 aromatic carbocycles. The molecule has 0 amide bonds. The van der Waals surface area contributed by atoms with E-state index in [0.717, 1.165) is 17.6 Å². The molecule has 5 heteroatoms. The van der Waals surface area contributed by atoms with Crippen LogP contribution in [0.1, 0.15) is 43.1 Å². The lowest BCUT2D eigenvalue weighted by molar-refractivity contribution is 0.100. The molecular formula is C16H23O4P. The van der Waals surface area contributed by atoms with Gasteiger partial charge in [0.2, 0.25) is 0 Å². The highest BCUT2D eigenvalue weighted by Gasteiger charge is 2.36. The van der Waals surface area contributed by atoms with Crippen LogP contribution in [-0.2, 0) is 20.0 Å². The summed E-state index contributed by atoms with van der Waals surface area (Å²) < 4.78 is 22.9. The maximum absolute atomic E-state index is 12.6. The van der Waals surface area contributed by atoms with E-state index in [1.54, 1.807) is 26.0 Å². The summed E-state index contributed by atoms with van der Waals surface area (Å²) in [5, 5.41) is 0. The van der Waals surface area contributed by atoms with Crippen molar-refractivity contribution in [2.45, 2.75) is 33.6 Å². The standard InChI is InChI=1S/C16H23O4P/c1-5-19-21(18,20-6-2)16(17)15-10-8-7-9-14(15)12-11-13(3)4/h7-10H,3,5-6,11-12H2,1-2,4H3. The van der Waals surface area contributed by atoms with E-state index in [1.165, 1.54) is 0 Å². The first kappa shape index (κ1) is 17.8. The van der Waals surface area contributed by atoms with Gasteiger partial charge in [0.15, 0.2) is 0 Å². The third-order valence-electron chi connectivity index (χ3n) is 2.92. The van der Waals surface area contributed by atoms with Crippen LogP contribution in [0.3, 0.4) is 0 Å². The Morgan fingerprint density at radius 2 is 1.76 bits per heavy atom. The van der Waals surface area contributed by atoms with E-state index in [0.29, 0.717) is 12.0 Å². The summed E-state index contributed by atoms with van der Waals surface area (Å²) in [7, 11) is -3.77. The first-order valence-corrected chi connectivity index (χ1v) is 8.65. The summed E-state index contributed by atoms with van der Waals surface area (Å²) in [6, 6.07) is 7.13. The van der Waals surface area contributed by atoms with Crippen molar-refractivity contribution in [3.63, 3.8) is 0 Å². The van der Waals surface area contributed by atoms with Gasteiger partial charge in [-0.25, -0.2) is 0 Å². The molecule has 0 N–H and O–H groups in total. The minimum absolute atomic E-state index is 0.164. The van der Waals surface area contributed by atoms with E-state index < -0.39 is 13.1 Å². The Bertz CT molecular complexity index is 541. The molecule has 116 valence electrons. The molecule has 21 heavy (non-hydrogen) atoms. The summed E-state index contributed by atoms with van der Waals surface area (Å²) >= 11 is 0. The van der Waals surface area contributed by atoms with E-state index in [9.17, 15) is 9.36 Å². The Morgan fingerprint density at radius 1 is 1.19 bits per heavy atom. The zero-order valence-corrected chi connectivity index (χ0v) is 13.8. The average Bonchev–Trinajstić information content (AvgIpc) is 2.45. The Balaban J connectivity index is 3.10. The van der Waals surface area contributed by atoms with E-state index in [2.05, 4.69) is 6.58 Å². The van der Waals surface area contributed by atoms with E-state index >= 15 is 0 Å². The lowest BCUT2D eigenvalue weighted by atomic mass is 10.0. The molecule has 0 saturated carbocycles. The third kappa shape index (κ3) is 4.92. The quantitative estimate of drug-likeness (QED) is 0.494. The number of carbonyl (C=O) groups excluding carboxylic acids is 1. The van der Waals surface area contributed by atoms with Crippen LogP contribution in [0.15, 0.2) is 36.4 Å². The van der Waals surface area contributed by atoms with Crippen molar-refractivity contribution >= 4 is 13.1 Å². The van der Waals surface area contributed by atoms with E-state index in [1.807, 2.05) is 19.1 Å². The molecule has 1 aromatic rings.